The average Bonchev–Trinajstić information content (AvgIpc) is 3.32. The van der Waals surface area contributed by atoms with Crippen LogP contribution in [0.3, 0.4) is 0 Å². The number of ether oxygens (including phenoxy) is 1. The minimum atomic E-state index is -0.571. The minimum Gasteiger partial charge on any atom is -0.494 e. The van der Waals surface area contributed by atoms with Gasteiger partial charge in [0.15, 0.2) is 0 Å². The SMILES string of the molecule is CCCOc1ccc(C=C(NC(=O)c2ccccc2)C(=O)NN=Cc2ccco2)cc1. The molecule has 0 atom stereocenters. The summed E-state index contributed by atoms with van der Waals surface area (Å²) in [6.07, 6.45) is 5.36. The van der Waals surface area contributed by atoms with Crippen LogP contribution >= 0.6 is 0 Å². The molecule has 0 bridgehead atoms. The van der Waals surface area contributed by atoms with Crippen LogP contribution in [0.4, 0.5) is 0 Å². The maximum absolute atomic E-state index is 12.7. The third-order valence-corrected chi connectivity index (χ3v) is 4.09. The second-order valence-corrected chi connectivity index (χ2v) is 6.51. The van der Waals surface area contributed by atoms with Gasteiger partial charge in [0.2, 0.25) is 0 Å². The predicted octanol–water partition coefficient (Wildman–Crippen LogP) is 3.99. The lowest BCUT2D eigenvalue weighted by Gasteiger charge is -2.09. The number of amides is 2. The fourth-order valence-electron chi connectivity index (χ4n) is 2.57. The number of benzene rings is 2. The van der Waals surface area contributed by atoms with E-state index in [0.717, 1.165) is 17.7 Å². The van der Waals surface area contributed by atoms with Gasteiger partial charge in [-0.2, -0.15) is 5.10 Å². The molecular formula is C24H23N3O4. The smallest absolute Gasteiger partial charge is 0.287 e. The van der Waals surface area contributed by atoms with Crippen LogP contribution in [-0.2, 0) is 4.79 Å². The Bertz CT molecular complexity index is 1040. The van der Waals surface area contributed by atoms with Crippen LogP contribution in [-0.4, -0.2) is 24.6 Å². The molecule has 1 heterocycles. The zero-order valence-electron chi connectivity index (χ0n) is 17.1. The van der Waals surface area contributed by atoms with Crippen LogP contribution in [0.2, 0.25) is 0 Å². The van der Waals surface area contributed by atoms with E-state index in [1.54, 1.807) is 54.6 Å². The first-order valence-corrected chi connectivity index (χ1v) is 9.83. The van der Waals surface area contributed by atoms with E-state index in [4.69, 9.17) is 9.15 Å². The summed E-state index contributed by atoms with van der Waals surface area (Å²) < 4.78 is 10.7. The number of hydrogen-bond acceptors (Lipinski definition) is 5. The summed E-state index contributed by atoms with van der Waals surface area (Å²) in [5.41, 5.74) is 3.60. The van der Waals surface area contributed by atoms with Crippen molar-refractivity contribution >= 4 is 24.1 Å². The van der Waals surface area contributed by atoms with Crippen LogP contribution in [0.15, 0.2) is 88.2 Å². The van der Waals surface area contributed by atoms with E-state index < -0.39 is 11.8 Å². The van der Waals surface area contributed by atoms with Gasteiger partial charge in [0.25, 0.3) is 11.8 Å². The summed E-state index contributed by atoms with van der Waals surface area (Å²) in [5.74, 6) is 0.251. The van der Waals surface area contributed by atoms with Gasteiger partial charge in [-0.15, -0.1) is 0 Å². The largest absolute Gasteiger partial charge is 0.494 e. The maximum atomic E-state index is 12.7. The van der Waals surface area contributed by atoms with Gasteiger partial charge in [0, 0.05) is 5.56 Å². The van der Waals surface area contributed by atoms with Crippen LogP contribution < -0.4 is 15.5 Å². The zero-order valence-corrected chi connectivity index (χ0v) is 17.1. The molecule has 3 aromatic rings. The maximum Gasteiger partial charge on any atom is 0.287 e. The Morgan fingerprint density at radius 1 is 1.03 bits per heavy atom. The third kappa shape index (κ3) is 6.71. The van der Waals surface area contributed by atoms with Crippen molar-refractivity contribution in [3.05, 3.63) is 95.6 Å². The van der Waals surface area contributed by atoms with E-state index in [9.17, 15) is 9.59 Å². The Hall–Kier alpha value is -4.13. The van der Waals surface area contributed by atoms with E-state index in [1.165, 1.54) is 12.5 Å². The fourth-order valence-corrected chi connectivity index (χ4v) is 2.57. The third-order valence-electron chi connectivity index (χ3n) is 4.09. The highest BCUT2D eigenvalue weighted by molar-refractivity contribution is 6.05. The lowest BCUT2D eigenvalue weighted by atomic mass is 10.1. The summed E-state index contributed by atoms with van der Waals surface area (Å²) in [6.45, 7) is 2.66. The number of carbonyl (C=O) groups excluding carboxylic acids is 2. The number of rotatable bonds is 9. The number of hydrogen-bond donors (Lipinski definition) is 2. The van der Waals surface area contributed by atoms with Gasteiger partial charge in [0.05, 0.1) is 19.1 Å². The minimum absolute atomic E-state index is 0.0488. The van der Waals surface area contributed by atoms with Gasteiger partial charge >= 0.3 is 0 Å². The summed E-state index contributed by atoms with van der Waals surface area (Å²) in [6, 6.07) is 19.3. The van der Waals surface area contributed by atoms with Crippen molar-refractivity contribution < 1.29 is 18.7 Å². The first-order chi connectivity index (χ1) is 15.2. The Balaban J connectivity index is 1.78. The van der Waals surface area contributed by atoms with E-state index in [-0.39, 0.29) is 5.70 Å². The molecule has 7 heteroatoms. The van der Waals surface area contributed by atoms with Crippen LogP contribution in [0, 0.1) is 0 Å². The average molecular weight is 417 g/mol. The Morgan fingerprint density at radius 3 is 2.48 bits per heavy atom. The first-order valence-electron chi connectivity index (χ1n) is 9.83. The first kappa shape index (κ1) is 21.6. The molecular weight excluding hydrogens is 394 g/mol. The number of nitrogens with one attached hydrogen (secondary N) is 2. The van der Waals surface area contributed by atoms with Gasteiger partial charge < -0.3 is 14.5 Å². The second kappa shape index (κ2) is 11.2. The molecule has 1 aromatic heterocycles. The molecule has 0 radical (unpaired) electrons. The second-order valence-electron chi connectivity index (χ2n) is 6.51. The molecule has 0 aliphatic heterocycles. The van der Waals surface area contributed by atoms with Crippen LogP contribution in [0.25, 0.3) is 6.08 Å². The molecule has 2 aromatic carbocycles. The molecule has 158 valence electrons. The van der Waals surface area contributed by atoms with Gasteiger partial charge in [0.1, 0.15) is 17.2 Å². The molecule has 0 fully saturated rings. The van der Waals surface area contributed by atoms with Gasteiger partial charge in [-0.25, -0.2) is 5.43 Å². The standard InChI is InChI=1S/C24H23N3O4/c1-2-14-30-20-12-10-18(11-13-20)16-22(26-23(28)19-7-4-3-5-8-19)24(29)27-25-17-21-9-6-15-31-21/h3-13,15-17H,2,14H2,1H3,(H,26,28)(H,27,29). The highest BCUT2D eigenvalue weighted by Crippen LogP contribution is 2.15. The molecule has 3 rings (SSSR count). The Morgan fingerprint density at radius 2 is 1.81 bits per heavy atom. The summed E-state index contributed by atoms with van der Waals surface area (Å²) >= 11 is 0. The van der Waals surface area contributed by atoms with E-state index in [0.29, 0.717) is 17.9 Å². The van der Waals surface area contributed by atoms with E-state index >= 15 is 0 Å². The number of nitrogens with zero attached hydrogens (tertiary/aromatic N) is 1. The van der Waals surface area contributed by atoms with Crippen LogP contribution in [0.5, 0.6) is 5.75 Å². The molecule has 0 saturated heterocycles. The lowest BCUT2D eigenvalue weighted by Crippen LogP contribution is -2.32. The van der Waals surface area contributed by atoms with Crippen molar-refractivity contribution in [2.24, 2.45) is 5.10 Å². The fraction of sp³-hybridized carbons (Fsp3) is 0.125. The molecule has 31 heavy (non-hydrogen) atoms. The zero-order chi connectivity index (χ0) is 21.9. The summed E-state index contributed by atoms with van der Waals surface area (Å²) in [5, 5.41) is 6.53. The quantitative estimate of drug-likeness (QED) is 0.313. The van der Waals surface area contributed by atoms with E-state index in [2.05, 4.69) is 15.8 Å². The molecule has 0 spiro atoms. The predicted molar refractivity (Wildman–Crippen MR) is 119 cm³/mol. The van der Waals surface area contributed by atoms with Crippen molar-refractivity contribution in [2.45, 2.75) is 13.3 Å². The lowest BCUT2D eigenvalue weighted by molar-refractivity contribution is -0.117. The van der Waals surface area contributed by atoms with Crippen molar-refractivity contribution in [3.8, 4) is 5.75 Å². The van der Waals surface area contributed by atoms with Crippen molar-refractivity contribution in [2.75, 3.05) is 6.61 Å². The molecule has 0 aliphatic rings. The monoisotopic (exact) mass is 417 g/mol. The van der Waals surface area contributed by atoms with Gasteiger partial charge in [-0.3, -0.25) is 9.59 Å². The molecule has 2 amide bonds. The van der Waals surface area contributed by atoms with Crippen molar-refractivity contribution in [3.63, 3.8) is 0 Å². The Kier molecular flexibility index (Phi) is 7.77. The normalized spacial score (nSPS) is 11.3. The Labute approximate surface area is 180 Å². The van der Waals surface area contributed by atoms with Gasteiger partial charge in [-0.05, 0) is 54.5 Å². The van der Waals surface area contributed by atoms with E-state index in [1.807, 2.05) is 25.1 Å². The van der Waals surface area contributed by atoms with Crippen molar-refractivity contribution in [1.82, 2.24) is 10.7 Å². The molecule has 0 saturated carbocycles. The number of carbonyl (C=O) groups is 2. The molecule has 0 unspecified atom stereocenters. The summed E-state index contributed by atoms with van der Waals surface area (Å²) in [7, 11) is 0. The summed E-state index contributed by atoms with van der Waals surface area (Å²) in [4.78, 5) is 25.3. The topological polar surface area (TPSA) is 92.9 Å². The molecule has 7 nitrogen and oxygen atoms in total. The highest BCUT2D eigenvalue weighted by atomic mass is 16.5. The number of furan rings is 1. The molecule has 2 N–H and O–H groups in total. The van der Waals surface area contributed by atoms with Crippen molar-refractivity contribution in [1.29, 1.82) is 0 Å². The van der Waals surface area contributed by atoms with Gasteiger partial charge in [-0.1, -0.05) is 37.3 Å². The number of hydrazone groups is 1. The highest BCUT2D eigenvalue weighted by Gasteiger charge is 2.14. The molecule has 0 aliphatic carbocycles. The van der Waals surface area contributed by atoms with Crippen LogP contribution in [0.1, 0.15) is 35.0 Å².